The van der Waals surface area contributed by atoms with Gasteiger partial charge in [-0.1, -0.05) is 41.4 Å². The zero-order chi connectivity index (χ0) is 10.6. The molecule has 0 aliphatic heterocycles. The molecule has 1 aromatic carbocycles. The van der Waals surface area contributed by atoms with Crippen molar-refractivity contribution in [3.8, 4) is 0 Å². The molecule has 0 aromatic heterocycles. The maximum absolute atomic E-state index is 10.6. The van der Waals surface area contributed by atoms with Gasteiger partial charge in [0.15, 0.2) is 5.17 Å². The molecule has 0 unspecified atom stereocenters. The average molecular weight is 211 g/mol. The summed E-state index contributed by atoms with van der Waals surface area (Å²) in [6, 6.07) is 7.56. The molecule has 14 heavy (non-hydrogen) atoms. The molecule has 0 fully saturated rings. The fraction of sp³-hybridized carbons (Fsp3) is 0.200. The number of nitrogens with zero attached hydrogens (tertiary/aromatic N) is 1. The summed E-state index contributed by atoms with van der Waals surface area (Å²) in [4.78, 5) is 10.6. The largest absolute Gasteiger partial charge is 0.274 e. The van der Waals surface area contributed by atoms with Crippen LogP contribution in [0, 0.1) is 6.92 Å². The van der Waals surface area contributed by atoms with Crippen LogP contribution in [0.4, 0.5) is 0 Å². The minimum Gasteiger partial charge on any atom is -0.274 e. The van der Waals surface area contributed by atoms with Gasteiger partial charge in [-0.05, 0) is 6.92 Å². The Bertz CT molecular complexity index is 357. The van der Waals surface area contributed by atoms with E-state index in [0.717, 1.165) is 11.1 Å². The molecule has 0 aliphatic rings. The molecular weight excluding hydrogens is 200 g/mol. The molecule has 1 N–H and O–H groups in total. The number of amides is 1. The van der Waals surface area contributed by atoms with Crippen LogP contribution < -0.4 is 5.43 Å². The first-order valence-corrected chi connectivity index (χ1v) is 4.54. The molecule has 1 rings (SSSR count). The topological polar surface area (TPSA) is 41.5 Å². The van der Waals surface area contributed by atoms with E-state index in [1.54, 1.807) is 0 Å². The highest BCUT2D eigenvalue weighted by Crippen LogP contribution is 2.06. The summed E-state index contributed by atoms with van der Waals surface area (Å²) in [6.45, 7) is 3.37. The molecule has 0 spiro atoms. The lowest BCUT2D eigenvalue weighted by Gasteiger charge is -1.99. The minimum absolute atomic E-state index is 0.240. The SMILES string of the molecule is CC(=O)N/N=C(\Cl)c1ccc(C)cc1. The number of benzene rings is 1. The van der Waals surface area contributed by atoms with Crippen molar-refractivity contribution in [2.45, 2.75) is 13.8 Å². The van der Waals surface area contributed by atoms with E-state index in [9.17, 15) is 4.79 Å². The number of carbonyl (C=O) groups excluding carboxylic acids is 1. The van der Waals surface area contributed by atoms with Crippen molar-refractivity contribution >= 4 is 22.7 Å². The number of aryl methyl sites for hydroxylation is 1. The summed E-state index contributed by atoms with van der Waals surface area (Å²) >= 11 is 5.84. The number of hydrogen-bond donors (Lipinski definition) is 1. The normalized spacial score (nSPS) is 11.2. The predicted molar refractivity (Wildman–Crippen MR) is 57.4 cm³/mol. The quantitative estimate of drug-likeness (QED) is 0.589. The zero-order valence-corrected chi connectivity index (χ0v) is 8.80. The second-order valence-corrected chi connectivity index (χ2v) is 3.29. The van der Waals surface area contributed by atoms with Crippen molar-refractivity contribution in [1.29, 1.82) is 0 Å². The van der Waals surface area contributed by atoms with Crippen LogP contribution in [-0.4, -0.2) is 11.1 Å². The van der Waals surface area contributed by atoms with Crippen LogP contribution in [0.25, 0.3) is 0 Å². The highest BCUT2D eigenvalue weighted by Gasteiger charge is 1.99. The standard InChI is InChI=1S/C10H11ClN2O/c1-7-3-5-9(6-4-7)10(11)13-12-8(2)14/h3-6H,1-2H3,(H,12,14)/b13-10-. The van der Waals surface area contributed by atoms with Gasteiger partial charge in [-0.2, -0.15) is 5.10 Å². The molecule has 0 radical (unpaired) electrons. The Hall–Kier alpha value is -1.35. The summed E-state index contributed by atoms with van der Waals surface area (Å²) in [5, 5.41) is 3.98. The van der Waals surface area contributed by atoms with Gasteiger partial charge in [0, 0.05) is 12.5 Å². The Morgan fingerprint density at radius 3 is 2.43 bits per heavy atom. The van der Waals surface area contributed by atoms with Gasteiger partial charge in [0.2, 0.25) is 5.91 Å². The van der Waals surface area contributed by atoms with E-state index in [1.165, 1.54) is 6.92 Å². The third kappa shape index (κ3) is 3.18. The highest BCUT2D eigenvalue weighted by molar-refractivity contribution is 6.69. The summed E-state index contributed by atoms with van der Waals surface area (Å²) in [6.07, 6.45) is 0. The second-order valence-electron chi connectivity index (χ2n) is 2.94. The van der Waals surface area contributed by atoms with Crippen molar-refractivity contribution in [3.05, 3.63) is 35.4 Å². The van der Waals surface area contributed by atoms with Crippen LogP contribution in [0.1, 0.15) is 18.1 Å². The van der Waals surface area contributed by atoms with E-state index in [0.29, 0.717) is 0 Å². The fourth-order valence-corrected chi connectivity index (χ4v) is 1.05. The number of carbonyl (C=O) groups is 1. The second kappa shape index (κ2) is 4.77. The van der Waals surface area contributed by atoms with Crippen LogP contribution in [0.15, 0.2) is 29.4 Å². The van der Waals surface area contributed by atoms with Crippen LogP contribution in [0.5, 0.6) is 0 Å². The zero-order valence-electron chi connectivity index (χ0n) is 8.04. The molecule has 1 amide bonds. The summed E-state index contributed by atoms with van der Waals surface area (Å²) in [5.74, 6) is -0.240. The number of hydrogen-bond acceptors (Lipinski definition) is 2. The van der Waals surface area contributed by atoms with Gasteiger partial charge in [-0.25, -0.2) is 5.43 Å². The molecular formula is C10H11ClN2O. The molecule has 0 heterocycles. The molecule has 4 heteroatoms. The van der Waals surface area contributed by atoms with E-state index >= 15 is 0 Å². The van der Waals surface area contributed by atoms with Crippen LogP contribution in [-0.2, 0) is 4.79 Å². The molecule has 0 aliphatic carbocycles. The first-order valence-electron chi connectivity index (χ1n) is 4.16. The molecule has 0 saturated carbocycles. The van der Waals surface area contributed by atoms with Gasteiger partial charge in [-0.3, -0.25) is 4.79 Å². The van der Waals surface area contributed by atoms with Gasteiger partial charge < -0.3 is 0 Å². The molecule has 3 nitrogen and oxygen atoms in total. The molecule has 0 saturated heterocycles. The summed E-state index contributed by atoms with van der Waals surface area (Å²) < 4.78 is 0. The average Bonchev–Trinajstić information content (AvgIpc) is 2.15. The van der Waals surface area contributed by atoms with Crippen molar-refractivity contribution in [3.63, 3.8) is 0 Å². The lowest BCUT2D eigenvalue weighted by Crippen LogP contribution is -2.14. The van der Waals surface area contributed by atoms with Gasteiger partial charge in [0.05, 0.1) is 0 Å². The predicted octanol–water partition coefficient (Wildman–Crippen LogP) is 2.03. The molecule has 0 bridgehead atoms. The third-order valence-corrected chi connectivity index (χ3v) is 1.90. The molecule has 1 aromatic rings. The van der Waals surface area contributed by atoms with Crippen LogP contribution in [0.3, 0.4) is 0 Å². The highest BCUT2D eigenvalue weighted by atomic mass is 35.5. The fourth-order valence-electron chi connectivity index (χ4n) is 0.883. The lowest BCUT2D eigenvalue weighted by molar-refractivity contribution is -0.118. The smallest absolute Gasteiger partial charge is 0.236 e. The van der Waals surface area contributed by atoms with E-state index in [-0.39, 0.29) is 11.1 Å². The molecule has 0 atom stereocenters. The van der Waals surface area contributed by atoms with E-state index < -0.39 is 0 Å². The Balaban J connectivity index is 2.78. The summed E-state index contributed by atoms with van der Waals surface area (Å²) in [7, 11) is 0. The van der Waals surface area contributed by atoms with Gasteiger partial charge in [0.1, 0.15) is 0 Å². The maximum Gasteiger partial charge on any atom is 0.236 e. The summed E-state index contributed by atoms with van der Waals surface area (Å²) in [5.41, 5.74) is 4.21. The number of hydrazone groups is 1. The number of rotatable bonds is 2. The van der Waals surface area contributed by atoms with Crippen LogP contribution >= 0.6 is 11.6 Å². The van der Waals surface area contributed by atoms with Gasteiger partial charge >= 0.3 is 0 Å². The van der Waals surface area contributed by atoms with E-state index in [2.05, 4.69) is 10.5 Å². The number of halogens is 1. The Kier molecular flexibility index (Phi) is 3.65. The van der Waals surface area contributed by atoms with Crippen molar-refractivity contribution in [2.75, 3.05) is 0 Å². The minimum atomic E-state index is -0.240. The van der Waals surface area contributed by atoms with E-state index in [4.69, 9.17) is 11.6 Å². The van der Waals surface area contributed by atoms with Crippen molar-refractivity contribution in [2.24, 2.45) is 5.10 Å². The lowest BCUT2D eigenvalue weighted by atomic mass is 10.2. The first kappa shape index (κ1) is 10.7. The van der Waals surface area contributed by atoms with Crippen molar-refractivity contribution in [1.82, 2.24) is 5.43 Å². The Labute approximate surface area is 87.8 Å². The van der Waals surface area contributed by atoms with Gasteiger partial charge in [-0.15, -0.1) is 0 Å². The van der Waals surface area contributed by atoms with Gasteiger partial charge in [0.25, 0.3) is 0 Å². The van der Waals surface area contributed by atoms with Crippen molar-refractivity contribution < 1.29 is 4.79 Å². The monoisotopic (exact) mass is 210 g/mol. The third-order valence-electron chi connectivity index (χ3n) is 1.60. The molecule has 74 valence electrons. The van der Waals surface area contributed by atoms with Crippen LogP contribution in [0.2, 0.25) is 0 Å². The Morgan fingerprint density at radius 2 is 1.93 bits per heavy atom. The maximum atomic E-state index is 10.6. The number of nitrogens with one attached hydrogen (secondary N) is 1. The Morgan fingerprint density at radius 1 is 1.36 bits per heavy atom. The first-order chi connectivity index (χ1) is 6.59. The van der Waals surface area contributed by atoms with E-state index in [1.807, 2.05) is 31.2 Å².